The topological polar surface area (TPSA) is 29.2 Å². The first-order chi connectivity index (χ1) is 6.14. The van der Waals surface area contributed by atoms with Crippen LogP contribution in [0.5, 0.6) is 0 Å². The Morgan fingerprint density at radius 2 is 1.14 bits per heavy atom. The van der Waals surface area contributed by atoms with Crippen LogP contribution in [0.15, 0.2) is 10.2 Å². The zero-order valence-electron chi connectivity index (χ0n) is 10.1. The smallest absolute Gasteiger partial charge is 0.206 e. The summed E-state index contributed by atoms with van der Waals surface area (Å²) >= 11 is 0. The predicted molar refractivity (Wildman–Crippen MR) is 60.1 cm³/mol. The predicted octanol–water partition coefficient (Wildman–Crippen LogP) is 1.48. The van der Waals surface area contributed by atoms with Crippen LogP contribution in [0.2, 0.25) is 0 Å². The van der Waals surface area contributed by atoms with Gasteiger partial charge >= 0.3 is 0 Å². The number of hydrogen-bond donors (Lipinski definition) is 1. The van der Waals surface area contributed by atoms with Crippen LogP contribution in [0.4, 0.5) is 0 Å². The highest BCUT2D eigenvalue weighted by molar-refractivity contribution is 5.95. The third kappa shape index (κ3) is 2.03. The lowest BCUT2D eigenvalue weighted by Crippen LogP contribution is -3.13. The van der Waals surface area contributed by atoms with Crippen molar-refractivity contribution < 1.29 is 4.90 Å². The fraction of sp³-hybridized carbons (Fsp3) is 0.727. The molecule has 3 nitrogen and oxygen atoms in total. The molecule has 1 heterocycles. The van der Waals surface area contributed by atoms with Crippen LogP contribution in [0.25, 0.3) is 0 Å². The second-order valence-electron chi connectivity index (χ2n) is 5.88. The summed E-state index contributed by atoms with van der Waals surface area (Å²) in [6, 6.07) is 0. The molecule has 1 aliphatic heterocycles. The molecule has 0 aromatic carbocycles. The van der Waals surface area contributed by atoms with Crippen molar-refractivity contribution in [2.45, 2.75) is 41.5 Å². The van der Waals surface area contributed by atoms with E-state index in [4.69, 9.17) is 0 Å². The largest absolute Gasteiger partial charge is 0.373 e. The lowest BCUT2D eigenvalue weighted by Gasteiger charge is -2.30. The van der Waals surface area contributed by atoms with E-state index in [0.717, 1.165) is 16.6 Å². The van der Waals surface area contributed by atoms with Crippen LogP contribution in [-0.2, 0) is 0 Å². The Morgan fingerprint density at radius 3 is 1.29 bits per heavy atom. The first-order valence-corrected chi connectivity index (χ1v) is 5.00. The Kier molecular flexibility index (Phi) is 2.57. The van der Waals surface area contributed by atoms with Gasteiger partial charge in [0.2, 0.25) is 11.7 Å². The number of quaternary nitrogens is 1. The van der Waals surface area contributed by atoms with Crippen LogP contribution < -0.4 is 4.90 Å². The second kappa shape index (κ2) is 3.16. The van der Waals surface area contributed by atoms with Gasteiger partial charge in [-0.05, 0) is 41.5 Å². The molecule has 0 spiro atoms. The normalized spacial score (nSPS) is 19.6. The van der Waals surface area contributed by atoms with Gasteiger partial charge in [-0.3, -0.25) is 0 Å². The molecule has 0 fully saturated rings. The molecule has 0 atom stereocenters. The summed E-state index contributed by atoms with van der Waals surface area (Å²) in [6.07, 6.45) is 0. The van der Waals surface area contributed by atoms with Crippen molar-refractivity contribution in [2.75, 3.05) is 0 Å². The van der Waals surface area contributed by atoms with Gasteiger partial charge in [-0.25, -0.2) is 0 Å². The first kappa shape index (κ1) is 11.4. The number of amidine groups is 2. The van der Waals surface area contributed by atoms with E-state index in [1.807, 2.05) is 0 Å². The summed E-state index contributed by atoms with van der Waals surface area (Å²) in [7, 11) is 4.09. The van der Waals surface area contributed by atoms with E-state index < -0.39 is 0 Å². The van der Waals surface area contributed by atoms with E-state index in [1.54, 1.807) is 0 Å². The number of nitrogens with zero attached hydrogens (tertiary/aromatic N) is 2. The van der Waals surface area contributed by atoms with Crippen molar-refractivity contribution in [3.8, 4) is 0 Å². The van der Waals surface area contributed by atoms with E-state index in [1.165, 1.54) is 0 Å². The summed E-state index contributed by atoms with van der Waals surface area (Å²) in [5, 5.41) is 8.48. The van der Waals surface area contributed by atoms with Crippen molar-refractivity contribution in [3.05, 3.63) is 7.05 Å². The molecule has 3 heteroatoms. The molecule has 0 aliphatic carbocycles. The highest BCUT2D eigenvalue weighted by Gasteiger charge is 2.37. The molecule has 0 saturated carbocycles. The monoisotopic (exact) mass is 195 g/mol. The van der Waals surface area contributed by atoms with Crippen molar-refractivity contribution in [3.63, 3.8) is 0 Å². The van der Waals surface area contributed by atoms with Crippen LogP contribution >= 0.6 is 0 Å². The molecule has 0 saturated heterocycles. The van der Waals surface area contributed by atoms with Crippen molar-refractivity contribution >= 4 is 11.7 Å². The quantitative estimate of drug-likeness (QED) is 0.567. The number of rotatable bonds is 0. The Morgan fingerprint density at radius 1 is 0.857 bits per heavy atom. The number of hydrogen-bond acceptors (Lipinski definition) is 2. The SMILES string of the molecule is [CH2-][NH+]1C(C(C)(C)C)=NN=C1C(C)(C)C. The zero-order valence-corrected chi connectivity index (χ0v) is 10.1. The molecule has 1 N–H and O–H groups in total. The Labute approximate surface area is 86.9 Å². The summed E-state index contributed by atoms with van der Waals surface area (Å²) < 4.78 is 0. The lowest BCUT2D eigenvalue weighted by atomic mass is 9.90. The maximum atomic E-state index is 4.24. The highest BCUT2D eigenvalue weighted by Crippen LogP contribution is 2.19. The average molecular weight is 195 g/mol. The number of nitrogens with one attached hydrogen (secondary N) is 1. The third-order valence-electron chi connectivity index (χ3n) is 2.24. The molecule has 80 valence electrons. The summed E-state index contributed by atoms with van der Waals surface area (Å²) in [6.45, 7) is 12.8. The first-order valence-electron chi connectivity index (χ1n) is 5.00. The fourth-order valence-electron chi connectivity index (χ4n) is 1.54. The Hall–Kier alpha value is -0.700. The third-order valence-corrected chi connectivity index (χ3v) is 2.24. The molecule has 1 rings (SSSR count). The van der Waals surface area contributed by atoms with Gasteiger partial charge in [0, 0.05) is 0 Å². The van der Waals surface area contributed by atoms with Gasteiger partial charge in [0.25, 0.3) is 0 Å². The zero-order chi connectivity index (χ0) is 11.1. The van der Waals surface area contributed by atoms with Gasteiger partial charge in [-0.15, -0.1) is 7.05 Å². The molecule has 0 aromatic rings. The van der Waals surface area contributed by atoms with Gasteiger partial charge in [-0.2, -0.15) is 0 Å². The van der Waals surface area contributed by atoms with E-state index in [0.29, 0.717) is 0 Å². The molecule has 14 heavy (non-hydrogen) atoms. The van der Waals surface area contributed by atoms with Gasteiger partial charge in [0.1, 0.15) is 0 Å². The van der Waals surface area contributed by atoms with Crippen LogP contribution in [0, 0.1) is 17.9 Å². The van der Waals surface area contributed by atoms with Crippen LogP contribution in [0.1, 0.15) is 41.5 Å². The summed E-state index contributed by atoms with van der Waals surface area (Å²) in [5.41, 5.74) is 0.0706. The van der Waals surface area contributed by atoms with Gasteiger partial charge in [-0.1, -0.05) is 10.2 Å². The van der Waals surface area contributed by atoms with E-state index in [2.05, 4.69) is 58.8 Å². The van der Waals surface area contributed by atoms with E-state index in [-0.39, 0.29) is 10.8 Å². The Balaban J connectivity index is 2.90. The van der Waals surface area contributed by atoms with Gasteiger partial charge in [0.05, 0.1) is 10.8 Å². The molecule has 0 unspecified atom stereocenters. The minimum Gasteiger partial charge on any atom is -0.373 e. The summed E-state index contributed by atoms with van der Waals surface area (Å²) in [5.74, 6) is 2.03. The minimum atomic E-state index is 0.0353. The molecule has 0 aromatic heterocycles. The molecule has 1 aliphatic rings. The molecule has 0 bridgehead atoms. The van der Waals surface area contributed by atoms with Gasteiger partial charge < -0.3 is 4.90 Å². The van der Waals surface area contributed by atoms with Crippen molar-refractivity contribution in [1.29, 1.82) is 0 Å². The molecular weight excluding hydrogens is 174 g/mol. The lowest BCUT2D eigenvalue weighted by molar-refractivity contribution is -0.651. The molecule has 0 amide bonds. The summed E-state index contributed by atoms with van der Waals surface area (Å²) in [4.78, 5) is 1.00. The van der Waals surface area contributed by atoms with Crippen molar-refractivity contribution in [2.24, 2.45) is 21.0 Å². The maximum Gasteiger partial charge on any atom is 0.206 e. The molecule has 0 radical (unpaired) electrons. The minimum absolute atomic E-state index is 0.0353. The van der Waals surface area contributed by atoms with E-state index >= 15 is 0 Å². The van der Waals surface area contributed by atoms with Gasteiger partial charge in [0.15, 0.2) is 0 Å². The average Bonchev–Trinajstić information content (AvgIpc) is 2.26. The standard InChI is InChI=1S/C11H21N3/c1-10(2,3)8-12-13-9(14(8)7)11(4,5)6/h14H,7H2,1-6H3. The highest BCUT2D eigenvalue weighted by atomic mass is 15.4. The molecular formula is C11H21N3. The fourth-order valence-corrected chi connectivity index (χ4v) is 1.54. The second-order valence-corrected chi connectivity index (χ2v) is 5.88. The Bertz CT molecular complexity index is 257. The van der Waals surface area contributed by atoms with Crippen LogP contribution in [-0.4, -0.2) is 11.7 Å². The van der Waals surface area contributed by atoms with Crippen LogP contribution in [0.3, 0.4) is 0 Å². The van der Waals surface area contributed by atoms with Crippen molar-refractivity contribution in [1.82, 2.24) is 0 Å². The van der Waals surface area contributed by atoms with E-state index in [9.17, 15) is 0 Å². The maximum absolute atomic E-state index is 4.24.